The third-order valence-corrected chi connectivity index (χ3v) is 4.49. The zero-order valence-electron chi connectivity index (χ0n) is 14.4. The second-order valence-electron chi connectivity index (χ2n) is 6.21. The Morgan fingerprint density at radius 1 is 1.12 bits per heavy atom. The standard InChI is InChI=1S/C19H22N2O4/c1-2-25-19(24)14-12-15(17(22)13-20-9-5-3-6-10-20)18(23)21-11-7-4-8-16(14)21/h4,7-8,11-12H,2-3,5-6,9-10,13H2,1H3. The van der Waals surface area contributed by atoms with Gasteiger partial charge in [-0.25, -0.2) is 4.79 Å². The molecule has 0 saturated carbocycles. The highest BCUT2D eigenvalue weighted by Gasteiger charge is 2.22. The van der Waals surface area contributed by atoms with Gasteiger partial charge in [-0.05, 0) is 51.1 Å². The van der Waals surface area contributed by atoms with Crippen LogP contribution >= 0.6 is 0 Å². The van der Waals surface area contributed by atoms with Crippen LogP contribution in [0.15, 0.2) is 35.3 Å². The molecule has 25 heavy (non-hydrogen) atoms. The molecule has 0 radical (unpaired) electrons. The Labute approximate surface area is 146 Å². The van der Waals surface area contributed by atoms with E-state index < -0.39 is 11.5 Å². The number of ether oxygens (including phenoxy) is 1. The Hall–Kier alpha value is -2.47. The number of carbonyl (C=O) groups excluding carboxylic acids is 2. The molecule has 1 saturated heterocycles. The molecule has 0 N–H and O–H groups in total. The van der Waals surface area contributed by atoms with Gasteiger partial charge in [0.05, 0.1) is 29.8 Å². The number of likely N-dealkylation sites (tertiary alicyclic amines) is 1. The molecule has 0 amide bonds. The van der Waals surface area contributed by atoms with Gasteiger partial charge in [-0.15, -0.1) is 0 Å². The molecule has 6 nitrogen and oxygen atoms in total. The lowest BCUT2D eigenvalue weighted by Crippen LogP contribution is -2.36. The minimum Gasteiger partial charge on any atom is -0.462 e. The average molecular weight is 342 g/mol. The minimum atomic E-state index is -0.529. The van der Waals surface area contributed by atoms with E-state index >= 15 is 0 Å². The molecule has 2 aromatic heterocycles. The molecule has 0 unspecified atom stereocenters. The van der Waals surface area contributed by atoms with Crippen molar-refractivity contribution in [3.05, 3.63) is 51.9 Å². The van der Waals surface area contributed by atoms with Gasteiger partial charge in [0.25, 0.3) is 5.56 Å². The number of Topliss-reactive ketones (excluding diaryl/α,β-unsaturated/α-hetero) is 1. The minimum absolute atomic E-state index is 0.0392. The summed E-state index contributed by atoms with van der Waals surface area (Å²) in [5.41, 5.74) is 0.326. The molecule has 0 bridgehead atoms. The normalized spacial score (nSPS) is 15.2. The number of hydrogen-bond acceptors (Lipinski definition) is 5. The van der Waals surface area contributed by atoms with E-state index in [4.69, 9.17) is 4.74 Å². The quantitative estimate of drug-likeness (QED) is 0.615. The maximum Gasteiger partial charge on any atom is 0.340 e. The second kappa shape index (κ2) is 7.61. The third-order valence-electron chi connectivity index (χ3n) is 4.49. The van der Waals surface area contributed by atoms with E-state index in [1.165, 1.54) is 16.9 Å². The molecule has 6 heteroatoms. The van der Waals surface area contributed by atoms with Gasteiger partial charge in [0.1, 0.15) is 0 Å². The number of carbonyl (C=O) groups is 2. The van der Waals surface area contributed by atoms with Gasteiger partial charge < -0.3 is 4.74 Å². The largest absolute Gasteiger partial charge is 0.462 e. The molecule has 1 fully saturated rings. The number of esters is 1. The molecule has 132 valence electrons. The van der Waals surface area contributed by atoms with Crippen LogP contribution in [-0.2, 0) is 4.74 Å². The number of pyridine rings is 2. The fraction of sp³-hybridized carbons (Fsp3) is 0.421. The number of ketones is 1. The number of piperidine rings is 1. The van der Waals surface area contributed by atoms with Crippen molar-refractivity contribution in [1.82, 2.24) is 9.30 Å². The lowest BCUT2D eigenvalue weighted by Gasteiger charge is -2.25. The molecular weight excluding hydrogens is 320 g/mol. The number of aromatic nitrogens is 1. The average Bonchev–Trinajstić information content (AvgIpc) is 2.63. The molecule has 3 heterocycles. The number of nitrogens with zero attached hydrogens (tertiary/aromatic N) is 2. The van der Waals surface area contributed by atoms with E-state index in [-0.39, 0.29) is 30.1 Å². The predicted molar refractivity (Wildman–Crippen MR) is 94.2 cm³/mol. The summed E-state index contributed by atoms with van der Waals surface area (Å²) in [6.07, 6.45) is 4.88. The summed E-state index contributed by atoms with van der Waals surface area (Å²) in [6.45, 7) is 3.89. The molecule has 0 aliphatic carbocycles. The topological polar surface area (TPSA) is 68.1 Å². The molecule has 3 rings (SSSR count). The maximum atomic E-state index is 12.7. The van der Waals surface area contributed by atoms with Crippen LogP contribution in [0.4, 0.5) is 0 Å². The second-order valence-corrected chi connectivity index (χ2v) is 6.21. The third kappa shape index (κ3) is 3.64. The fourth-order valence-electron chi connectivity index (χ4n) is 3.23. The number of hydrogen-bond donors (Lipinski definition) is 0. The Bertz CT molecular complexity index is 850. The van der Waals surface area contributed by atoms with Crippen molar-refractivity contribution >= 4 is 17.3 Å². The van der Waals surface area contributed by atoms with Crippen molar-refractivity contribution in [3.8, 4) is 0 Å². The van der Waals surface area contributed by atoms with Crippen molar-refractivity contribution in [2.75, 3.05) is 26.2 Å². The van der Waals surface area contributed by atoms with E-state index in [0.29, 0.717) is 5.52 Å². The predicted octanol–water partition coefficient (Wildman–Crippen LogP) is 2.14. The van der Waals surface area contributed by atoms with Crippen LogP contribution in [0.3, 0.4) is 0 Å². The SMILES string of the molecule is CCOC(=O)c1cc(C(=O)CN2CCCCC2)c(=O)n2ccccc12. The molecular formula is C19H22N2O4. The molecule has 0 aromatic carbocycles. The maximum absolute atomic E-state index is 12.7. The van der Waals surface area contributed by atoms with Gasteiger partial charge in [0.2, 0.25) is 0 Å². The van der Waals surface area contributed by atoms with Gasteiger partial charge >= 0.3 is 5.97 Å². The van der Waals surface area contributed by atoms with E-state index in [1.54, 1.807) is 31.3 Å². The monoisotopic (exact) mass is 342 g/mol. The Balaban J connectivity index is 2.02. The Morgan fingerprint density at radius 3 is 2.60 bits per heavy atom. The Morgan fingerprint density at radius 2 is 1.88 bits per heavy atom. The molecule has 1 aliphatic rings. The van der Waals surface area contributed by atoms with Crippen LogP contribution in [0.1, 0.15) is 46.9 Å². The molecule has 1 aliphatic heterocycles. The Kier molecular flexibility index (Phi) is 5.28. The van der Waals surface area contributed by atoms with Crippen LogP contribution in [-0.4, -0.2) is 47.3 Å². The first-order chi connectivity index (χ1) is 12.1. The van der Waals surface area contributed by atoms with Crippen molar-refractivity contribution in [2.45, 2.75) is 26.2 Å². The van der Waals surface area contributed by atoms with Crippen molar-refractivity contribution in [3.63, 3.8) is 0 Å². The van der Waals surface area contributed by atoms with Crippen LogP contribution in [0.5, 0.6) is 0 Å². The van der Waals surface area contributed by atoms with E-state index in [9.17, 15) is 14.4 Å². The van der Waals surface area contributed by atoms with Crippen LogP contribution < -0.4 is 5.56 Å². The lowest BCUT2D eigenvalue weighted by atomic mass is 10.1. The molecule has 2 aromatic rings. The van der Waals surface area contributed by atoms with Gasteiger partial charge in [-0.2, -0.15) is 0 Å². The zero-order valence-corrected chi connectivity index (χ0v) is 14.4. The highest BCUT2D eigenvalue weighted by atomic mass is 16.5. The van der Waals surface area contributed by atoms with Crippen LogP contribution in [0.2, 0.25) is 0 Å². The summed E-state index contributed by atoms with van der Waals surface area (Å²) < 4.78 is 6.43. The summed E-state index contributed by atoms with van der Waals surface area (Å²) in [4.78, 5) is 39.8. The van der Waals surface area contributed by atoms with E-state index in [0.717, 1.165) is 25.9 Å². The summed E-state index contributed by atoms with van der Waals surface area (Å²) in [5, 5.41) is 0. The van der Waals surface area contributed by atoms with E-state index in [1.807, 2.05) is 0 Å². The van der Waals surface area contributed by atoms with Gasteiger partial charge in [-0.1, -0.05) is 12.5 Å². The highest BCUT2D eigenvalue weighted by molar-refractivity contribution is 6.03. The fourth-order valence-corrected chi connectivity index (χ4v) is 3.23. The van der Waals surface area contributed by atoms with Gasteiger partial charge in [0.15, 0.2) is 5.78 Å². The summed E-state index contributed by atoms with van der Waals surface area (Å²) in [5.74, 6) is -0.783. The first-order valence-corrected chi connectivity index (χ1v) is 8.69. The van der Waals surface area contributed by atoms with Crippen LogP contribution in [0, 0.1) is 0 Å². The lowest BCUT2D eigenvalue weighted by molar-refractivity contribution is 0.0528. The number of rotatable bonds is 5. The van der Waals surface area contributed by atoms with Gasteiger partial charge in [-0.3, -0.25) is 18.9 Å². The van der Waals surface area contributed by atoms with Gasteiger partial charge in [0, 0.05) is 6.20 Å². The van der Waals surface area contributed by atoms with Crippen molar-refractivity contribution in [2.24, 2.45) is 0 Å². The first-order valence-electron chi connectivity index (χ1n) is 8.69. The van der Waals surface area contributed by atoms with Crippen molar-refractivity contribution in [1.29, 1.82) is 0 Å². The zero-order chi connectivity index (χ0) is 17.8. The summed E-state index contributed by atoms with van der Waals surface area (Å²) in [6, 6.07) is 6.50. The molecule has 0 atom stereocenters. The highest BCUT2D eigenvalue weighted by Crippen LogP contribution is 2.14. The van der Waals surface area contributed by atoms with Crippen LogP contribution in [0.25, 0.3) is 5.52 Å². The smallest absolute Gasteiger partial charge is 0.340 e. The van der Waals surface area contributed by atoms with Crippen molar-refractivity contribution < 1.29 is 14.3 Å². The summed E-state index contributed by atoms with van der Waals surface area (Å²) in [7, 11) is 0. The first kappa shape index (κ1) is 17.4. The summed E-state index contributed by atoms with van der Waals surface area (Å²) >= 11 is 0. The number of fused-ring (bicyclic) bond motifs is 1. The molecule has 0 spiro atoms. The van der Waals surface area contributed by atoms with E-state index in [2.05, 4.69) is 4.90 Å².